The quantitative estimate of drug-likeness (QED) is 0.168. The molecule has 0 atom stereocenters. The summed E-state index contributed by atoms with van der Waals surface area (Å²) in [4.78, 5) is 14.6. The van der Waals surface area contributed by atoms with E-state index >= 15 is 0 Å². The fourth-order valence-corrected chi connectivity index (χ4v) is 6.49. The van der Waals surface area contributed by atoms with Crippen LogP contribution in [0.2, 0.25) is 19.6 Å². The van der Waals surface area contributed by atoms with E-state index in [1.165, 1.54) is 11.3 Å². The van der Waals surface area contributed by atoms with Crippen LogP contribution in [-0.4, -0.2) is 23.0 Å². The zero-order chi connectivity index (χ0) is 35.9. The molecule has 0 unspecified atom stereocenters. The van der Waals surface area contributed by atoms with Crippen molar-refractivity contribution in [3.63, 3.8) is 0 Å². The Balaban J connectivity index is 1.42. The number of hydrogen-bond donors (Lipinski definition) is 0. The van der Waals surface area contributed by atoms with Gasteiger partial charge in [0.25, 0.3) is 0 Å². The van der Waals surface area contributed by atoms with Crippen molar-refractivity contribution < 1.29 is 6.85 Å². The first-order valence-electron chi connectivity index (χ1n) is 17.8. The standard InChI is InChI=1S/C42H35N3Si/c1-46(2,3)39-25-13-22-36(29-39)34-20-10-19-33(26-34)35-21-12-24-38(28-35)42-44-40(31-16-8-5-9-17-31)43-41(45-42)37-23-11-18-32(27-37)30-14-6-4-7-15-30/h4-29H,1-3H3/i19D,20D,21D,26D,28D. The highest BCUT2D eigenvalue weighted by molar-refractivity contribution is 6.88. The van der Waals surface area contributed by atoms with Crippen molar-refractivity contribution in [2.75, 3.05) is 0 Å². The Labute approximate surface area is 279 Å². The summed E-state index contributed by atoms with van der Waals surface area (Å²) in [5, 5.41) is 1.19. The SMILES string of the molecule is [2H]c1cc([2H])c(-c2c([2H])ccc(-c3nc(-c4ccccc4)nc(-c4cccc(-c5ccccc5)c4)n3)c2[2H])c([2H])c1-c1cccc([Si](C)(C)C)c1. The Morgan fingerprint density at radius 2 is 0.848 bits per heavy atom. The van der Waals surface area contributed by atoms with Crippen LogP contribution in [0.1, 0.15) is 6.85 Å². The zero-order valence-electron chi connectivity index (χ0n) is 31.0. The van der Waals surface area contributed by atoms with Crippen LogP contribution in [0.25, 0.3) is 67.5 Å². The molecule has 0 aliphatic carbocycles. The van der Waals surface area contributed by atoms with E-state index in [1.807, 2.05) is 103 Å². The maximum atomic E-state index is 9.47. The molecule has 0 aliphatic rings. The number of benzene rings is 6. The molecule has 0 fully saturated rings. The van der Waals surface area contributed by atoms with Crippen LogP contribution in [0, 0.1) is 0 Å². The molecule has 7 rings (SSSR count). The van der Waals surface area contributed by atoms with Crippen molar-refractivity contribution in [1.29, 1.82) is 0 Å². The summed E-state index contributed by atoms with van der Waals surface area (Å²) in [6.07, 6.45) is 0. The summed E-state index contributed by atoms with van der Waals surface area (Å²) in [6, 6.07) is 40.0. The van der Waals surface area contributed by atoms with Gasteiger partial charge < -0.3 is 0 Å². The van der Waals surface area contributed by atoms with E-state index in [0.29, 0.717) is 28.3 Å². The minimum absolute atomic E-state index is 0.00148. The third-order valence-electron chi connectivity index (χ3n) is 7.82. The molecule has 0 spiro atoms. The summed E-state index contributed by atoms with van der Waals surface area (Å²) in [5.74, 6) is 1.11. The Bertz CT molecular complexity index is 2410. The van der Waals surface area contributed by atoms with E-state index in [1.54, 1.807) is 12.1 Å². The predicted octanol–water partition coefficient (Wildman–Crippen LogP) is 10.4. The first-order valence-corrected chi connectivity index (χ1v) is 18.8. The Kier molecular flexibility index (Phi) is 6.49. The first-order chi connectivity index (χ1) is 24.5. The summed E-state index contributed by atoms with van der Waals surface area (Å²) in [7, 11) is -1.70. The molecular weight excluding hydrogens is 575 g/mol. The van der Waals surface area contributed by atoms with E-state index in [0.717, 1.165) is 22.3 Å². The largest absolute Gasteiger partial charge is 0.208 e. The second-order valence-electron chi connectivity index (χ2n) is 12.1. The van der Waals surface area contributed by atoms with Crippen molar-refractivity contribution in [2.45, 2.75) is 19.6 Å². The Hall–Kier alpha value is -5.45. The smallest absolute Gasteiger partial charge is 0.164 e. The van der Waals surface area contributed by atoms with Crippen molar-refractivity contribution in [2.24, 2.45) is 0 Å². The van der Waals surface area contributed by atoms with E-state index in [9.17, 15) is 2.74 Å². The van der Waals surface area contributed by atoms with Gasteiger partial charge in [-0.25, -0.2) is 15.0 Å². The summed E-state index contributed by atoms with van der Waals surface area (Å²) < 4.78 is 45.4. The molecule has 0 saturated heterocycles. The number of aromatic nitrogens is 3. The van der Waals surface area contributed by atoms with Crippen LogP contribution < -0.4 is 5.19 Å². The highest BCUT2D eigenvalue weighted by atomic mass is 28.3. The molecule has 0 amide bonds. The van der Waals surface area contributed by atoms with Crippen LogP contribution in [0.4, 0.5) is 0 Å². The lowest BCUT2D eigenvalue weighted by molar-refractivity contribution is 1.07. The number of hydrogen-bond acceptors (Lipinski definition) is 3. The molecule has 6 aromatic carbocycles. The average molecular weight is 615 g/mol. The molecule has 46 heavy (non-hydrogen) atoms. The molecule has 1 heterocycles. The van der Waals surface area contributed by atoms with Crippen LogP contribution >= 0.6 is 0 Å². The average Bonchev–Trinajstić information content (AvgIpc) is 3.13. The normalized spacial score (nSPS) is 12.9. The van der Waals surface area contributed by atoms with Crippen molar-refractivity contribution in [3.05, 3.63) is 158 Å². The number of rotatable bonds is 7. The fourth-order valence-electron chi connectivity index (χ4n) is 5.31. The van der Waals surface area contributed by atoms with Crippen molar-refractivity contribution in [1.82, 2.24) is 15.0 Å². The molecule has 7 aromatic rings. The topological polar surface area (TPSA) is 38.7 Å². The van der Waals surface area contributed by atoms with E-state index in [-0.39, 0.29) is 47.2 Å². The van der Waals surface area contributed by atoms with Gasteiger partial charge in [-0.2, -0.15) is 0 Å². The fraction of sp³-hybridized carbons (Fsp3) is 0.0714. The van der Waals surface area contributed by atoms with Gasteiger partial charge in [0.05, 0.1) is 14.9 Å². The van der Waals surface area contributed by atoms with Crippen LogP contribution in [0.3, 0.4) is 0 Å². The summed E-state index contributed by atoms with van der Waals surface area (Å²) in [6.45, 7) is 6.73. The highest BCUT2D eigenvalue weighted by Gasteiger charge is 2.17. The summed E-state index contributed by atoms with van der Waals surface area (Å²) >= 11 is 0. The minimum atomic E-state index is -1.70. The lowest BCUT2D eigenvalue weighted by Crippen LogP contribution is -2.37. The predicted molar refractivity (Wildman–Crippen MR) is 195 cm³/mol. The lowest BCUT2D eigenvalue weighted by Gasteiger charge is -2.17. The molecule has 0 bridgehead atoms. The van der Waals surface area contributed by atoms with E-state index in [2.05, 4.69) is 25.7 Å². The van der Waals surface area contributed by atoms with Crippen LogP contribution in [-0.2, 0) is 0 Å². The Morgan fingerprint density at radius 1 is 0.391 bits per heavy atom. The van der Waals surface area contributed by atoms with Gasteiger partial charge >= 0.3 is 0 Å². The van der Waals surface area contributed by atoms with Gasteiger partial charge in [-0.3, -0.25) is 0 Å². The van der Waals surface area contributed by atoms with Gasteiger partial charge in [0.15, 0.2) is 17.5 Å². The zero-order valence-corrected chi connectivity index (χ0v) is 27.0. The molecule has 0 radical (unpaired) electrons. The van der Waals surface area contributed by atoms with Crippen LogP contribution in [0.15, 0.2) is 158 Å². The van der Waals surface area contributed by atoms with Gasteiger partial charge in [0.2, 0.25) is 0 Å². The molecule has 0 N–H and O–H groups in total. The van der Waals surface area contributed by atoms with E-state index < -0.39 is 8.07 Å². The van der Waals surface area contributed by atoms with Gasteiger partial charge in [0.1, 0.15) is 0 Å². The maximum absolute atomic E-state index is 9.47. The second kappa shape index (κ2) is 12.5. The molecule has 4 heteroatoms. The molecule has 0 saturated carbocycles. The van der Waals surface area contributed by atoms with Crippen molar-refractivity contribution >= 4 is 13.3 Å². The third-order valence-corrected chi connectivity index (χ3v) is 9.87. The second-order valence-corrected chi connectivity index (χ2v) is 17.2. The Morgan fingerprint density at radius 3 is 1.52 bits per heavy atom. The van der Waals surface area contributed by atoms with Gasteiger partial charge in [0, 0.05) is 16.7 Å². The maximum Gasteiger partial charge on any atom is 0.164 e. The molecule has 222 valence electrons. The highest BCUT2D eigenvalue weighted by Crippen LogP contribution is 2.31. The van der Waals surface area contributed by atoms with Gasteiger partial charge in [-0.15, -0.1) is 0 Å². The summed E-state index contributed by atoms with van der Waals surface area (Å²) in [5.41, 5.74) is 5.31. The van der Waals surface area contributed by atoms with Gasteiger partial charge in [-0.05, 0) is 51.5 Å². The van der Waals surface area contributed by atoms with E-state index in [4.69, 9.17) is 19.1 Å². The minimum Gasteiger partial charge on any atom is -0.208 e. The van der Waals surface area contributed by atoms with Crippen LogP contribution in [0.5, 0.6) is 0 Å². The molecule has 1 aromatic heterocycles. The van der Waals surface area contributed by atoms with Crippen molar-refractivity contribution in [3.8, 4) is 67.5 Å². The molecule has 3 nitrogen and oxygen atoms in total. The number of nitrogens with zero attached hydrogens (tertiary/aromatic N) is 3. The monoisotopic (exact) mass is 614 g/mol. The molecular formula is C42H35N3Si. The lowest BCUT2D eigenvalue weighted by atomic mass is 9.98. The van der Waals surface area contributed by atoms with Gasteiger partial charge in [-0.1, -0.05) is 164 Å². The molecule has 0 aliphatic heterocycles. The first kappa shape index (κ1) is 23.9. The third kappa shape index (κ3) is 6.34.